The fourth-order valence-corrected chi connectivity index (χ4v) is 1.97. The summed E-state index contributed by atoms with van der Waals surface area (Å²) in [5.74, 6) is -4.05. The van der Waals surface area contributed by atoms with Gasteiger partial charge in [-0.05, 0) is 24.3 Å². The summed E-state index contributed by atoms with van der Waals surface area (Å²) in [6.07, 6.45) is 0. The average molecular weight is 507 g/mol. The van der Waals surface area contributed by atoms with Gasteiger partial charge in [0.25, 0.3) is 0 Å². The molecule has 0 saturated heterocycles. The van der Waals surface area contributed by atoms with E-state index >= 15 is 0 Å². The number of benzene rings is 2. The van der Waals surface area contributed by atoms with Gasteiger partial charge in [-0.1, -0.05) is 11.1 Å². The van der Waals surface area contributed by atoms with Crippen molar-refractivity contribution in [3.63, 3.8) is 0 Å². The van der Waals surface area contributed by atoms with Gasteiger partial charge >= 0.3 is 20.1 Å². The molecule has 2 rings (SSSR count). The van der Waals surface area contributed by atoms with Crippen LogP contribution in [0.4, 0.5) is 17.6 Å². The van der Waals surface area contributed by atoms with Crippen LogP contribution in [0.3, 0.4) is 0 Å². The van der Waals surface area contributed by atoms with Gasteiger partial charge in [0.2, 0.25) is 0 Å². The van der Waals surface area contributed by atoms with Crippen LogP contribution in [-0.2, 0) is 20.1 Å². The molecule has 1 unspecified atom stereocenters. The van der Waals surface area contributed by atoms with Crippen LogP contribution in [0.15, 0.2) is 36.4 Å². The van der Waals surface area contributed by atoms with Crippen LogP contribution in [0.25, 0.3) is 5.73 Å². The third-order valence-electron chi connectivity index (χ3n) is 2.96. The molecular formula is C16H16F4IrNO. The molecule has 0 spiro atoms. The Morgan fingerprint density at radius 2 is 1.04 bits per heavy atom. The van der Waals surface area contributed by atoms with E-state index < -0.39 is 35.2 Å². The molecule has 0 aliphatic heterocycles. The van der Waals surface area contributed by atoms with Crippen molar-refractivity contribution in [2.75, 3.05) is 0 Å². The third kappa shape index (κ3) is 6.03. The fourth-order valence-electron chi connectivity index (χ4n) is 1.97. The van der Waals surface area contributed by atoms with Crippen LogP contribution in [0, 0.1) is 37.6 Å². The number of nitrogens with one attached hydrogen (secondary N) is 1. The van der Waals surface area contributed by atoms with E-state index in [4.69, 9.17) is 5.73 Å². The van der Waals surface area contributed by atoms with Crippen molar-refractivity contribution in [1.29, 1.82) is 0 Å². The second-order valence-corrected chi connectivity index (χ2v) is 4.49. The van der Waals surface area contributed by atoms with E-state index in [2.05, 4.69) is 6.92 Å². The van der Waals surface area contributed by atoms with Gasteiger partial charge in [-0.3, -0.25) is 0 Å². The Kier molecular flexibility index (Phi) is 10.2. The molecule has 0 saturated carbocycles. The first-order valence-electron chi connectivity index (χ1n) is 5.83. The molecule has 0 aliphatic rings. The van der Waals surface area contributed by atoms with E-state index in [1.54, 1.807) is 0 Å². The smallest absolute Gasteiger partial charge is 0.672 e. The van der Waals surface area contributed by atoms with Crippen molar-refractivity contribution in [1.82, 2.24) is 0 Å². The fraction of sp³-hybridized carbons (Fsp3) is 0.125. The Bertz CT molecular complexity index is 543. The molecule has 0 heterocycles. The molecule has 23 heavy (non-hydrogen) atoms. The van der Waals surface area contributed by atoms with Crippen molar-refractivity contribution in [2.24, 2.45) is 0 Å². The Morgan fingerprint density at radius 3 is 1.39 bits per heavy atom. The number of rotatable bonds is 3. The van der Waals surface area contributed by atoms with Crippen LogP contribution in [0.5, 0.6) is 0 Å². The number of hydrogen-bond acceptors (Lipinski definition) is 0. The number of hydrogen-bond donors (Lipinski definition) is 0. The largest absolute Gasteiger partial charge is 3.00 e. The summed E-state index contributed by atoms with van der Waals surface area (Å²) in [6.45, 7) is 3.66. The molecule has 2 atom stereocenters. The molecule has 0 radical (unpaired) electrons. The van der Waals surface area contributed by atoms with Crippen molar-refractivity contribution < 1.29 is 43.1 Å². The van der Waals surface area contributed by atoms with E-state index in [1.807, 2.05) is 0 Å². The van der Waals surface area contributed by atoms with E-state index in [-0.39, 0.29) is 44.1 Å². The molecule has 2 aromatic rings. The molecule has 3 N–H and O–H groups in total. The second-order valence-electron chi connectivity index (χ2n) is 4.49. The molecular weight excluding hydrogens is 490 g/mol. The molecule has 7 heteroatoms. The quantitative estimate of drug-likeness (QED) is 0.433. The van der Waals surface area contributed by atoms with Gasteiger partial charge in [0.15, 0.2) is 0 Å². The summed E-state index contributed by atoms with van der Waals surface area (Å²) in [6, 6.07) is 4.38. The van der Waals surface area contributed by atoms with Gasteiger partial charge in [0, 0.05) is 12.1 Å². The average Bonchev–Trinajstić information content (AvgIpc) is 2.34. The van der Waals surface area contributed by atoms with Crippen LogP contribution < -0.4 is 0 Å². The van der Waals surface area contributed by atoms with Crippen molar-refractivity contribution in [3.05, 3.63) is 90.9 Å². The summed E-state index contributed by atoms with van der Waals surface area (Å²) in [5.41, 5.74) is 8.17. The van der Waals surface area contributed by atoms with E-state index in [9.17, 15) is 17.6 Å². The summed E-state index contributed by atoms with van der Waals surface area (Å²) < 4.78 is 52.5. The zero-order chi connectivity index (χ0) is 14.9. The molecule has 0 aliphatic carbocycles. The summed E-state index contributed by atoms with van der Waals surface area (Å²) >= 11 is 0. The van der Waals surface area contributed by atoms with Crippen LogP contribution in [0.1, 0.15) is 23.1 Å². The van der Waals surface area contributed by atoms with Crippen LogP contribution in [0.2, 0.25) is 0 Å². The first-order valence-corrected chi connectivity index (χ1v) is 5.83. The van der Waals surface area contributed by atoms with Crippen LogP contribution in [-0.4, -0.2) is 5.48 Å². The van der Waals surface area contributed by atoms with Gasteiger partial charge in [0.1, 0.15) is 23.3 Å². The van der Waals surface area contributed by atoms with Gasteiger partial charge < -0.3 is 25.6 Å². The molecule has 0 bridgehead atoms. The monoisotopic (exact) mass is 507 g/mol. The first-order chi connectivity index (χ1) is 9.36. The Labute approximate surface area is 146 Å². The Balaban J connectivity index is 0. The van der Waals surface area contributed by atoms with E-state index in [0.717, 1.165) is 24.3 Å². The summed E-state index contributed by atoms with van der Waals surface area (Å²) in [5, 5.41) is 0. The molecule has 0 fully saturated rings. The predicted octanol–water partition coefficient (Wildman–Crippen LogP) is 4.58. The standard InChI is InChI=1S/C15H11F4N.CH3.Ir.H2O/c1-8(9-2-11(16)6-12(17)3-9)15(20)10-4-13(18)7-14(19)5-10;;;/h2-8,15,20H,1H2;1H3;;1H2/q-2;-1;+3;/t8-,15?;;;/m1.../s1. The van der Waals surface area contributed by atoms with Crippen molar-refractivity contribution >= 4 is 0 Å². The Morgan fingerprint density at radius 1 is 0.739 bits per heavy atom. The summed E-state index contributed by atoms with van der Waals surface area (Å²) in [7, 11) is 0. The van der Waals surface area contributed by atoms with E-state index in [1.165, 1.54) is 0 Å². The Hall–Kier alpha value is -1.27. The maximum Gasteiger partial charge on any atom is 3.00 e. The molecule has 128 valence electrons. The molecule has 2 nitrogen and oxygen atoms in total. The van der Waals surface area contributed by atoms with E-state index in [0.29, 0.717) is 12.1 Å². The van der Waals surface area contributed by atoms with Crippen LogP contribution >= 0.6 is 0 Å². The van der Waals surface area contributed by atoms with Crippen molar-refractivity contribution in [2.45, 2.75) is 12.0 Å². The first kappa shape index (κ1) is 24.0. The summed E-state index contributed by atoms with van der Waals surface area (Å²) in [4.78, 5) is 0. The minimum atomic E-state index is -1.14. The SMILES string of the molecule is O.[CH2-][C@H](c1cc(F)cc(F)c1)C([NH-])c1cc(F)cc(F)c1.[CH3-].[Ir+3]. The molecule has 0 amide bonds. The second kappa shape index (κ2) is 9.78. The zero-order valence-electron chi connectivity index (χ0n) is 12.2. The minimum Gasteiger partial charge on any atom is -0.672 e. The maximum absolute atomic E-state index is 13.1. The van der Waals surface area contributed by atoms with Gasteiger partial charge in [-0.15, -0.1) is 6.04 Å². The molecule has 0 aromatic heterocycles. The van der Waals surface area contributed by atoms with Crippen molar-refractivity contribution in [3.8, 4) is 0 Å². The molecule has 2 aromatic carbocycles. The predicted molar refractivity (Wildman–Crippen MR) is 77.9 cm³/mol. The zero-order valence-corrected chi connectivity index (χ0v) is 14.6. The maximum atomic E-state index is 13.1. The van der Waals surface area contributed by atoms with Gasteiger partial charge in [0.05, 0.1) is 0 Å². The topological polar surface area (TPSA) is 55.3 Å². The third-order valence-corrected chi connectivity index (χ3v) is 2.96. The number of halogens is 4. The minimum absolute atomic E-state index is 0. The normalized spacial score (nSPS) is 12.3. The van der Waals surface area contributed by atoms with Gasteiger partial charge in [-0.2, -0.15) is 5.92 Å². The van der Waals surface area contributed by atoms with Gasteiger partial charge in [-0.25, -0.2) is 17.6 Å².